The van der Waals surface area contributed by atoms with E-state index in [0.717, 1.165) is 0 Å². The molecule has 0 aliphatic carbocycles. The van der Waals surface area contributed by atoms with E-state index in [1.165, 1.54) is 12.1 Å². The number of halogens is 1. The van der Waals surface area contributed by atoms with Gasteiger partial charge in [-0.3, -0.25) is 9.59 Å². The van der Waals surface area contributed by atoms with Gasteiger partial charge in [0.05, 0.1) is 0 Å². The lowest BCUT2D eigenvalue weighted by Crippen LogP contribution is -2.30. The van der Waals surface area contributed by atoms with Gasteiger partial charge in [0, 0.05) is 11.1 Å². The fourth-order valence-corrected chi connectivity index (χ4v) is 2.38. The third-order valence-corrected chi connectivity index (χ3v) is 3.84. The molecule has 0 atom stereocenters. The molecule has 0 aliphatic rings. The summed E-state index contributed by atoms with van der Waals surface area (Å²) in [5.74, 6) is -0.240. The second-order valence-corrected chi connectivity index (χ2v) is 5.87. The normalized spacial score (nSPS) is 10.2. The number of rotatable bonds is 7. The first-order valence-corrected chi connectivity index (χ1v) is 8.62. The topological polar surface area (TPSA) is 64.6 Å². The molecule has 0 aromatic heterocycles. The molecule has 3 aromatic rings. The van der Waals surface area contributed by atoms with Crippen molar-refractivity contribution in [3.05, 3.63) is 95.8 Å². The molecule has 3 aromatic carbocycles. The second kappa shape index (κ2) is 9.32. The van der Waals surface area contributed by atoms with Gasteiger partial charge < -0.3 is 14.8 Å². The van der Waals surface area contributed by atoms with Gasteiger partial charge in [0.25, 0.3) is 5.91 Å². The van der Waals surface area contributed by atoms with Crippen molar-refractivity contribution < 1.29 is 23.5 Å². The molecular weight excluding hydrogens is 361 g/mol. The van der Waals surface area contributed by atoms with E-state index in [2.05, 4.69) is 5.32 Å². The number of para-hydroxylation sites is 1. The number of amides is 1. The van der Waals surface area contributed by atoms with Gasteiger partial charge in [0.1, 0.15) is 30.5 Å². The zero-order chi connectivity index (χ0) is 19.8. The van der Waals surface area contributed by atoms with Crippen LogP contribution in [0, 0.1) is 5.82 Å². The minimum Gasteiger partial charge on any atom is -0.459 e. The molecule has 0 saturated carbocycles. The van der Waals surface area contributed by atoms with Crippen LogP contribution in [-0.2, 0) is 16.1 Å². The Kier molecular flexibility index (Phi) is 6.36. The van der Waals surface area contributed by atoms with Gasteiger partial charge in [-0.2, -0.15) is 0 Å². The molecule has 0 radical (unpaired) electrons. The number of hydrogen-bond acceptors (Lipinski definition) is 4. The number of carbonyl (C=O) groups excluding carboxylic acids is 2. The van der Waals surface area contributed by atoms with Crippen LogP contribution in [-0.4, -0.2) is 18.4 Å². The molecule has 0 heterocycles. The Morgan fingerprint density at radius 1 is 0.821 bits per heavy atom. The minimum absolute atomic E-state index is 0.188. The molecule has 0 bridgehead atoms. The number of benzene rings is 3. The third-order valence-electron chi connectivity index (χ3n) is 3.84. The summed E-state index contributed by atoms with van der Waals surface area (Å²) in [5.41, 5.74) is 0.651. The van der Waals surface area contributed by atoms with Crippen LogP contribution in [0.15, 0.2) is 78.9 Å². The summed E-state index contributed by atoms with van der Waals surface area (Å²) in [4.78, 5) is 23.9. The van der Waals surface area contributed by atoms with Gasteiger partial charge in [-0.1, -0.05) is 36.4 Å². The molecule has 0 aliphatic heterocycles. The van der Waals surface area contributed by atoms with Crippen LogP contribution in [0.1, 0.15) is 15.9 Å². The molecule has 3 rings (SSSR count). The fraction of sp³-hybridized carbons (Fsp3) is 0.0909. The van der Waals surface area contributed by atoms with Crippen LogP contribution in [0.4, 0.5) is 4.39 Å². The average molecular weight is 379 g/mol. The Hall–Kier alpha value is -3.67. The molecule has 6 heteroatoms. The van der Waals surface area contributed by atoms with Crippen LogP contribution in [0.25, 0.3) is 0 Å². The first kappa shape index (κ1) is 19.1. The van der Waals surface area contributed by atoms with Crippen molar-refractivity contribution in [2.75, 3.05) is 6.54 Å². The molecule has 5 nitrogen and oxygen atoms in total. The lowest BCUT2D eigenvalue weighted by molar-refractivity contribution is -0.143. The van der Waals surface area contributed by atoms with Crippen molar-refractivity contribution in [1.29, 1.82) is 0 Å². The van der Waals surface area contributed by atoms with E-state index in [4.69, 9.17) is 9.47 Å². The summed E-state index contributed by atoms with van der Waals surface area (Å²) in [6.45, 7) is -0.498. The van der Waals surface area contributed by atoms with Gasteiger partial charge in [-0.25, -0.2) is 4.39 Å². The summed E-state index contributed by atoms with van der Waals surface area (Å²) >= 11 is 0. The fourth-order valence-electron chi connectivity index (χ4n) is 2.38. The Morgan fingerprint density at radius 2 is 1.46 bits per heavy atom. The molecule has 0 saturated heterocycles. The minimum atomic E-state index is -0.652. The third kappa shape index (κ3) is 5.41. The lowest BCUT2D eigenvalue weighted by Gasteiger charge is -2.08. The predicted octanol–water partition coefficient (Wildman–Crippen LogP) is 4.09. The summed E-state index contributed by atoms with van der Waals surface area (Å²) in [6.07, 6.45) is 0. The van der Waals surface area contributed by atoms with E-state index in [-0.39, 0.29) is 18.7 Å². The highest BCUT2D eigenvalue weighted by atomic mass is 19.1. The number of nitrogens with one attached hydrogen (secondary N) is 1. The van der Waals surface area contributed by atoms with Gasteiger partial charge >= 0.3 is 5.97 Å². The Labute approximate surface area is 161 Å². The van der Waals surface area contributed by atoms with Crippen molar-refractivity contribution in [1.82, 2.24) is 5.32 Å². The summed E-state index contributed by atoms with van der Waals surface area (Å²) < 4.78 is 24.1. The maximum atomic E-state index is 13.5. The van der Waals surface area contributed by atoms with E-state index in [9.17, 15) is 14.0 Å². The first-order valence-electron chi connectivity index (χ1n) is 8.62. The lowest BCUT2D eigenvalue weighted by atomic mass is 10.2. The Bertz CT molecular complexity index is 942. The number of hydrogen-bond donors (Lipinski definition) is 1. The van der Waals surface area contributed by atoms with Crippen LogP contribution >= 0.6 is 0 Å². The SMILES string of the molecule is O=C(CNC(=O)c1ccc(Oc2ccccc2)cc1)OCc1ccccc1F. The van der Waals surface area contributed by atoms with Crippen molar-refractivity contribution in [3.63, 3.8) is 0 Å². The molecular formula is C22H18FNO4. The largest absolute Gasteiger partial charge is 0.459 e. The van der Waals surface area contributed by atoms with Gasteiger partial charge in [0.2, 0.25) is 0 Å². The molecule has 1 N–H and O–H groups in total. The monoisotopic (exact) mass is 379 g/mol. The molecule has 0 spiro atoms. The highest BCUT2D eigenvalue weighted by molar-refractivity contribution is 5.96. The molecule has 28 heavy (non-hydrogen) atoms. The van der Waals surface area contributed by atoms with Gasteiger partial charge in [-0.05, 0) is 42.5 Å². The number of ether oxygens (including phenoxy) is 2. The highest BCUT2D eigenvalue weighted by Crippen LogP contribution is 2.21. The standard InChI is InChI=1S/C22H18FNO4/c23-20-9-5-4-6-17(20)15-27-21(25)14-24-22(26)16-10-12-19(13-11-16)28-18-7-2-1-3-8-18/h1-13H,14-15H2,(H,24,26). The zero-order valence-corrected chi connectivity index (χ0v) is 14.9. The number of esters is 1. The summed E-state index contributed by atoms with van der Waals surface area (Å²) in [6, 6.07) is 21.8. The van der Waals surface area contributed by atoms with Crippen LogP contribution in [0.5, 0.6) is 11.5 Å². The molecule has 1 amide bonds. The van der Waals surface area contributed by atoms with E-state index in [0.29, 0.717) is 17.1 Å². The van der Waals surface area contributed by atoms with E-state index in [1.54, 1.807) is 36.4 Å². The van der Waals surface area contributed by atoms with Crippen LogP contribution in [0.2, 0.25) is 0 Å². The van der Waals surface area contributed by atoms with Crippen LogP contribution in [0.3, 0.4) is 0 Å². The first-order chi connectivity index (χ1) is 13.6. The smallest absolute Gasteiger partial charge is 0.325 e. The summed E-state index contributed by atoms with van der Waals surface area (Å²) in [5, 5.41) is 2.47. The van der Waals surface area contributed by atoms with E-state index in [1.807, 2.05) is 30.3 Å². The van der Waals surface area contributed by atoms with Gasteiger partial charge in [0.15, 0.2) is 0 Å². The van der Waals surface area contributed by atoms with E-state index < -0.39 is 17.7 Å². The maximum Gasteiger partial charge on any atom is 0.325 e. The Balaban J connectivity index is 1.46. The average Bonchev–Trinajstić information content (AvgIpc) is 2.73. The highest BCUT2D eigenvalue weighted by Gasteiger charge is 2.10. The molecule has 142 valence electrons. The van der Waals surface area contributed by atoms with Crippen molar-refractivity contribution >= 4 is 11.9 Å². The predicted molar refractivity (Wildman–Crippen MR) is 101 cm³/mol. The van der Waals surface area contributed by atoms with Crippen molar-refractivity contribution in [2.45, 2.75) is 6.61 Å². The van der Waals surface area contributed by atoms with Crippen molar-refractivity contribution in [3.8, 4) is 11.5 Å². The van der Waals surface area contributed by atoms with E-state index >= 15 is 0 Å². The quantitative estimate of drug-likeness (QED) is 0.628. The maximum absolute atomic E-state index is 13.5. The zero-order valence-electron chi connectivity index (χ0n) is 14.9. The summed E-state index contributed by atoms with van der Waals surface area (Å²) in [7, 11) is 0. The molecule has 0 fully saturated rings. The molecule has 0 unspecified atom stereocenters. The second-order valence-electron chi connectivity index (χ2n) is 5.87. The number of carbonyl (C=O) groups is 2. The van der Waals surface area contributed by atoms with Crippen molar-refractivity contribution in [2.24, 2.45) is 0 Å². The van der Waals surface area contributed by atoms with Crippen LogP contribution < -0.4 is 10.1 Å². The van der Waals surface area contributed by atoms with Gasteiger partial charge in [-0.15, -0.1) is 0 Å². The Morgan fingerprint density at radius 3 is 2.18 bits per heavy atom.